The summed E-state index contributed by atoms with van der Waals surface area (Å²) in [5.74, 6) is 2.12. The average Bonchev–Trinajstić information content (AvgIpc) is 3.24. The molecule has 7 heteroatoms. The highest BCUT2D eigenvalue weighted by molar-refractivity contribution is 7.13. The summed E-state index contributed by atoms with van der Waals surface area (Å²) in [4.78, 5) is 20.6. The van der Waals surface area contributed by atoms with Gasteiger partial charge < -0.3 is 5.32 Å². The largest absolute Gasteiger partial charge is 0.316 e. The van der Waals surface area contributed by atoms with Gasteiger partial charge in [0.05, 0.1) is 5.69 Å². The molecule has 1 aliphatic heterocycles. The Morgan fingerprint density at radius 1 is 1.23 bits per heavy atom. The van der Waals surface area contributed by atoms with Gasteiger partial charge in [-0.2, -0.15) is 0 Å². The first-order chi connectivity index (χ1) is 12.7. The van der Waals surface area contributed by atoms with Crippen molar-refractivity contribution < 1.29 is 0 Å². The number of nitrogens with zero attached hydrogens (tertiary/aromatic N) is 5. The van der Waals surface area contributed by atoms with Gasteiger partial charge in [-0.1, -0.05) is 6.07 Å². The maximum atomic E-state index is 4.77. The predicted molar refractivity (Wildman–Crippen MR) is 104 cm³/mol. The monoisotopic (exact) mass is 366 g/mol. The quantitative estimate of drug-likeness (QED) is 0.743. The molecule has 0 saturated carbocycles. The molecule has 0 aliphatic carbocycles. The van der Waals surface area contributed by atoms with Crippen molar-refractivity contribution in [1.82, 2.24) is 24.8 Å². The third-order valence-corrected chi connectivity index (χ3v) is 5.37. The highest BCUT2D eigenvalue weighted by atomic mass is 32.1. The van der Waals surface area contributed by atoms with Crippen molar-refractivity contribution >= 4 is 22.3 Å². The van der Waals surface area contributed by atoms with E-state index in [4.69, 9.17) is 9.97 Å². The van der Waals surface area contributed by atoms with E-state index in [0.717, 1.165) is 54.2 Å². The lowest BCUT2D eigenvalue weighted by atomic mass is 10.1. The van der Waals surface area contributed by atoms with Crippen LogP contribution in [-0.2, 0) is 6.54 Å². The van der Waals surface area contributed by atoms with Crippen molar-refractivity contribution in [3.8, 4) is 0 Å². The summed E-state index contributed by atoms with van der Waals surface area (Å²) in [5, 5.41) is 6.22. The minimum absolute atomic E-state index is 0.366. The molecule has 6 nitrogen and oxygen atoms in total. The van der Waals surface area contributed by atoms with Crippen LogP contribution in [0.5, 0.6) is 0 Å². The van der Waals surface area contributed by atoms with E-state index < -0.39 is 0 Å². The van der Waals surface area contributed by atoms with Crippen LogP contribution < -0.4 is 5.32 Å². The number of rotatable bonds is 5. The highest BCUT2D eigenvalue weighted by Crippen LogP contribution is 2.28. The Balaban J connectivity index is 1.46. The maximum absolute atomic E-state index is 4.77. The van der Waals surface area contributed by atoms with E-state index >= 15 is 0 Å². The molecule has 1 saturated heterocycles. The fourth-order valence-electron chi connectivity index (χ4n) is 3.30. The van der Waals surface area contributed by atoms with E-state index in [2.05, 4.69) is 26.3 Å². The van der Waals surface area contributed by atoms with Crippen LogP contribution >= 0.6 is 11.3 Å². The molecule has 134 valence electrons. The number of anilines is 2. The van der Waals surface area contributed by atoms with Crippen LogP contribution in [0.4, 0.5) is 10.9 Å². The Morgan fingerprint density at radius 2 is 2.15 bits per heavy atom. The molecular formula is C19H22N6S. The maximum Gasteiger partial charge on any atom is 0.188 e. The van der Waals surface area contributed by atoms with Crippen LogP contribution in [0.25, 0.3) is 0 Å². The van der Waals surface area contributed by atoms with Crippen molar-refractivity contribution in [2.45, 2.75) is 32.7 Å². The third-order valence-electron chi connectivity index (χ3n) is 4.49. The Hall–Kier alpha value is -2.38. The van der Waals surface area contributed by atoms with E-state index in [9.17, 15) is 0 Å². The molecule has 0 amide bonds. The average molecular weight is 366 g/mol. The summed E-state index contributed by atoms with van der Waals surface area (Å²) in [6.07, 6.45) is 4.84. The molecule has 3 aromatic heterocycles. The molecule has 26 heavy (non-hydrogen) atoms. The van der Waals surface area contributed by atoms with Gasteiger partial charge in [0.15, 0.2) is 5.13 Å². The van der Waals surface area contributed by atoms with Crippen LogP contribution in [0, 0.1) is 13.8 Å². The number of hydrogen-bond acceptors (Lipinski definition) is 7. The molecule has 1 aliphatic rings. The van der Waals surface area contributed by atoms with Gasteiger partial charge in [-0.3, -0.25) is 9.88 Å². The number of aromatic nitrogens is 4. The van der Waals surface area contributed by atoms with Crippen molar-refractivity contribution in [3.05, 3.63) is 58.7 Å². The molecule has 1 atom stereocenters. The standard InChI is InChI=1S/C19H22N6S/c1-13-8-17(24-19-22-14(2)12-26-19)23-18(21-13)16-5-7-25(11-16)10-15-4-3-6-20-9-15/h3-4,6,8-9,12,16H,5,7,10-11H2,1-2H3,(H,21,22,23,24)/t16-/m1/s1. The number of aryl methyl sites for hydroxylation is 2. The van der Waals surface area contributed by atoms with Gasteiger partial charge in [0.1, 0.15) is 11.6 Å². The van der Waals surface area contributed by atoms with E-state index in [1.165, 1.54) is 5.56 Å². The van der Waals surface area contributed by atoms with Crippen molar-refractivity contribution in [3.63, 3.8) is 0 Å². The summed E-state index contributed by atoms with van der Waals surface area (Å²) >= 11 is 1.59. The Morgan fingerprint density at radius 3 is 2.92 bits per heavy atom. The van der Waals surface area contributed by atoms with Crippen molar-refractivity contribution in [2.24, 2.45) is 0 Å². The number of likely N-dealkylation sites (tertiary alicyclic amines) is 1. The van der Waals surface area contributed by atoms with Gasteiger partial charge >= 0.3 is 0 Å². The second-order valence-electron chi connectivity index (χ2n) is 6.75. The number of thiazole rings is 1. The van der Waals surface area contributed by atoms with Crippen LogP contribution in [-0.4, -0.2) is 37.9 Å². The number of hydrogen-bond donors (Lipinski definition) is 1. The molecule has 0 bridgehead atoms. The van der Waals surface area contributed by atoms with Gasteiger partial charge in [-0.05, 0) is 38.4 Å². The molecule has 0 radical (unpaired) electrons. The van der Waals surface area contributed by atoms with E-state index in [-0.39, 0.29) is 0 Å². The summed E-state index contributed by atoms with van der Waals surface area (Å²) in [6.45, 7) is 6.98. The van der Waals surface area contributed by atoms with E-state index in [0.29, 0.717) is 5.92 Å². The van der Waals surface area contributed by atoms with Gasteiger partial charge in [-0.15, -0.1) is 11.3 Å². The van der Waals surface area contributed by atoms with Crippen LogP contribution in [0.15, 0.2) is 36.0 Å². The first-order valence-electron chi connectivity index (χ1n) is 8.82. The number of pyridine rings is 1. The fourth-order valence-corrected chi connectivity index (χ4v) is 3.99. The SMILES string of the molecule is Cc1cc(Nc2nc(C)cs2)nc([C@@H]2CCN(Cc3cccnc3)C2)n1. The molecular weight excluding hydrogens is 344 g/mol. The molecule has 1 fully saturated rings. The normalized spacial score (nSPS) is 17.5. The second kappa shape index (κ2) is 7.47. The van der Waals surface area contributed by atoms with Crippen LogP contribution in [0.3, 0.4) is 0 Å². The van der Waals surface area contributed by atoms with Crippen LogP contribution in [0.1, 0.15) is 35.1 Å². The predicted octanol–water partition coefficient (Wildman–Crippen LogP) is 3.68. The molecule has 4 rings (SSSR count). The Labute approximate surface area is 157 Å². The molecule has 3 aromatic rings. The zero-order valence-corrected chi connectivity index (χ0v) is 15.8. The molecule has 0 unspecified atom stereocenters. The van der Waals surface area contributed by atoms with Crippen molar-refractivity contribution in [1.29, 1.82) is 0 Å². The summed E-state index contributed by atoms with van der Waals surface area (Å²) < 4.78 is 0. The van der Waals surface area contributed by atoms with E-state index in [1.807, 2.05) is 43.8 Å². The number of nitrogens with one attached hydrogen (secondary N) is 1. The lowest BCUT2D eigenvalue weighted by molar-refractivity contribution is 0.325. The second-order valence-corrected chi connectivity index (χ2v) is 7.61. The smallest absolute Gasteiger partial charge is 0.188 e. The summed E-state index contributed by atoms with van der Waals surface area (Å²) in [6, 6.07) is 6.09. The Kier molecular flexibility index (Phi) is 4.90. The lowest BCUT2D eigenvalue weighted by Gasteiger charge is -2.16. The minimum atomic E-state index is 0.366. The summed E-state index contributed by atoms with van der Waals surface area (Å²) in [5.41, 5.74) is 3.25. The van der Waals surface area contributed by atoms with Gasteiger partial charge in [0.2, 0.25) is 0 Å². The molecule has 1 N–H and O–H groups in total. The van der Waals surface area contributed by atoms with Crippen molar-refractivity contribution in [2.75, 3.05) is 18.4 Å². The first kappa shape index (κ1) is 17.1. The Bertz CT molecular complexity index is 879. The van der Waals surface area contributed by atoms with Gasteiger partial charge in [0.25, 0.3) is 0 Å². The van der Waals surface area contributed by atoms with Crippen LogP contribution in [0.2, 0.25) is 0 Å². The van der Waals surface area contributed by atoms with Gasteiger partial charge in [0, 0.05) is 48.5 Å². The van der Waals surface area contributed by atoms with E-state index in [1.54, 1.807) is 11.3 Å². The zero-order chi connectivity index (χ0) is 17.9. The zero-order valence-electron chi connectivity index (χ0n) is 15.0. The topological polar surface area (TPSA) is 66.8 Å². The highest BCUT2D eigenvalue weighted by Gasteiger charge is 2.26. The molecule has 0 aromatic carbocycles. The minimum Gasteiger partial charge on any atom is -0.316 e. The first-order valence-corrected chi connectivity index (χ1v) is 9.69. The molecule has 0 spiro atoms. The van der Waals surface area contributed by atoms with Gasteiger partial charge in [-0.25, -0.2) is 15.0 Å². The lowest BCUT2D eigenvalue weighted by Crippen LogP contribution is -2.20. The molecule has 4 heterocycles. The fraction of sp³-hybridized carbons (Fsp3) is 0.368. The third kappa shape index (κ3) is 4.05. The summed E-state index contributed by atoms with van der Waals surface area (Å²) in [7, 11) is 0.